The molecule has 2 heterocycles. The largest absolute Gasteiger partial charge is 0.467 e. The summed E-state index contributed by atoms with van der Waals surface area (Å²) >= 11 is 5.78. The monoisotopic (exact) mass is 237 g/mol. The Hall–Kier alpha value is -1.68. The van der Waals surface area contributed by atoms with Gasteiger partial charge in [0.2, 0.25) is 0 Å². The van der Waals surface area contributed by atoms with Gasteiger partial charge in [-0.2, -0.15) is 0 Å². The van der Waals surface area contributed by atoms with E-state index in [-0.39, 0.29) is 0 Å². The molecule has 0 bridgehead atoms. The number of hydrogen-bond acceptors (Lipinski definition) is 4. The van der Waals surface area contributed by atoms with E-state index >= 15 is 0 Å². The van der Waals surface area contributed by atoms with Crippen LogP contribution >= 0.6 is 11.6 Å². The van der Waals surface area contributed by atoms with Crippen LogP contribution in [-0.4, -0.2) is 12.0 Å². The van der Waals surface area contributed by atoms with Gasteiger partial charge < -0.3 is 15.1 Å². The van der Waals surface area contributed by atoms with Gasteiger partial charge in [0.15, 0.2) is 5.82 Å². The van der Waals surface area contributed by atoms with Gasteiger partial charge in [0.25, 0.3) is 0 Å². The molecule has 2 N–H and O–H groups in total. The minimum absolute atomic E-state index is 0.535. The van der Waals surface area contributed by atoms with Crippen molar-refractivity contribution in [3.05, 3.63) is 41.4 Å². The number of nitrogen functional groups attached to an aromatic ring is 1. The van der Waals surface area contributed by atoms with Crippen LogP contribution in [0.5, 0.6) is 0 Å². The van der Waals surface area contributed by atoms with E-state index in [0.29, 0.717) is 23.1 Å². The van der Waals surface area contributed by atoms with E-state index in [4.69, 9.17) is 21.8 Å². The molecule has 0 atom stereocenters. The number of rotatable bonds is 3. The molecule has 2 aromatic rings. The molecule has 16 heavy (non-hydrogen) atoms. The molecule has 0 amide bonds. The Morgan fingerprint density at radius 3 is 3.00 bits per heavy atom. The van der Waals surface area contributed by atoms with Crippen molar-refractivity contribution in [2.45, 2.75) is 6.54 Å². The van der Waals surface area contributed by atoms with Crippen LogP contribution < -0.4 is 10.6 Å². The number of aromatic nitrogens is 1. The molecule has 0 fully saturated rings. The lowest BCUT2D eigenvalue weighted by molar-refractivity contribution is 0.507. The molecule has 5 heteroatoms. The smallest absolute Gasteiger partial charge is 0.152 e. The van der Waals surface area contributed by atoms with Crippen LogP contribution in [0.1, 0.15) is 5.76 Å². The standard InChI is InChI=1S/C11H12ClN3O/c1-15(7-9-3-2-4-16-9)11-10(13)5-8(12)6-14-11/h2-6H,7,13H2,1H3. The van der Waals surface area contributed by atoms with Crippen LogP contribution in [0, 0.1) is 0 Å². The summed E-state index contributed by atoms with van der Waals surface area (Å²) in [5.74, 6) is 1.56. The SMILES string of the molecule is CN(Cc1ccco1)c1ncc(Cl)cc1N. The van der Waals surface area contributed by atoms with Gasteiger partial charge in [0.1, 0.15) is 5.76 Å². The minimum Gasteiger partial charge on any atom is -0.467 e. The summed E-state index contributed by atoms with van der Waals surface area (Å²) in [6.45, 7) is 0.617. The average Bonchev–Trinajstić information content (AvgIpc) is 2.70. The van der Waals surface area contributed by atoms with Crippen molar-refractivity contribution in [1.29, 1.82) is 0 Å². The minimum atomic E-state index is 0.535. The molecule has 84 valence electrons. The molecule has 0 saturated heterocycles. The van der Waals surface area contributed by atoms with E-state index < -0.39 is 0 Å². The fourth-order valence-electron chi connectivity index (χ4n) is 1.48. The fraction of sp³-hybridized carbons (Fsp3) is 0.182. The van der Waals surface area contributed by atoms with Crippen molar-refractivity contribution in [2.24, 2.45) is 0 Å². The van der Waals surface area contributed by atoms with Crippen molar-refractivity contribution in [3.8, 4) is 0 Å². The highest BCUT2D eigenvalue weighted by atomic mass is 35.5. The first-order chi connectivity index (χ1) is 7.66. The lowest BCUT2D eigenvalue weighted by Gasteiger charge is -2.18. The second-order valence-electron chi connectivity index (χ2n) is 3.50. The third-order valence-electron chi connectivity index (χ3n) is 2.20. The van der Waals surface area contributed by atoms with E-state index in [9.17, 15) is 0 Å². The predicted molar refractivity (Wildman–Crippen MR) is 64.5 cm³/mol. The zero-order valence-corrected chi connectivity index (χ0v) is 9.61. The maximum atomic E-state index is 5.83. The number of anilines is 2. The summed E-state index contributed by atoms with van der Waals surface area (Å²) in [4.78, 5) is 6.09. The van der Waals surface area contributed by atoms with E-state index in [2.05, 4.69) is 4.98 Å². The topological polar surface area (TPSA) is 55.3 Å². The predicted octanol–water partition coefficient (Wildman–Crippen LogP) is 2.55. The molecule has 2 aromatic heterocycles. The van der Waals surface area contributed by atoms with E-state index in [1.807, 2.05) is 24.1 Å². The van der Waals surface area contributed by atoms with Gasteiger partial charge >= 0.3 is 0 Å². The number of nitrogens with two attached hydrogens (primary N) is 1. The lowest BCUT2D eigenvalue weighted by Crippen LogP contribution is -2.18. The van der Waals surface area contributed by atoms with Crippen molar-refractivity contribution < 1.29 is 4.42 Å². The highest BCUT2D eigenvalue weighted by molar-refractivity contribution is 6.30. The van der Waals surface area contributed by atoms with Gasteiger partial charge in [0, 0.05) is 13.2 Å². The second kappa shape index (κ2) is 4.45. The molecule has 0 radical (unpaired) electrons. The maximum Gasteiger partial charge on any atom is 0.152 e. The molecule has 0 aliphatic rings. The Morgan fingerprint density at radius 2 is 2.38 bits per heavy atom. The van der Waals surface area contributed by atoms with Gasteiger partial charge in [-0.25, -0.2) is 4.98 Å². The Labute approximate surface area is 98.6 Å². The number of nitrogens with zero attached hydrogens (tertiary/aromatic N) is 2. The number of pyridine rings is 1. The Balaban J connectivity index is 2.17. The highest BCUT2D eigenvalue weighted by Gasteiger charge is 2.09. The molecule has 0 spiro atoms. The van der Waals surface area contributed by atoms with Gasteiger partial charge in [-0.1, -0.05) is 11.6 Å². The lowest BCUT2D eigenvalue weighted by atomic mass is 10.3. The summed E-state index contributed by atoms with van der Waals surface area (Å²) in [5, 5.41) is 0.535. The molecule has 0 aliphatic heterocycles. The molecule has 4 nitrogen and oxygen atoms in total. The summed E-state index contributed by atoms with van der Waals surface area (Å²) in [6, 6.07) is 5.44. The molecule has 2 rings (SSSR count). The zero-order valence-electron chi connectivity index (χ0n) is 8.85. The van der Waals surface area contributed by atoms with Crippen LogP contribution in [0.2, 0.25) is 5.02 Å². The first-order valence-electron chi connectivity index (χ1n) is 4.81. The first kappa shape index (κ1) is 10.8. The van der Waals surface area contributed by atoms with Crippen LogP contribution in [0.25, 0.3) is 0 Å². The molecule has 0 aliphatic carbocycles. The van der Waals surface area contributed by atoms with E-state index in [0.717, 1.165) is 5.76 Å². The van der Waals surface area contributed by atoms with Crippen LogP contribution in [-0.2, 0) is 6.54 Å². The fourth-order valence-corrected chi connectivity index (χ4v) is 1.64. The van der Waals surface area contributed by atoms with E-state index in [1.54, 1.807) is 18.5 Å². The summed E-state index contributed by atoms with van der Waals surface area (Å²) in [7, 11) is 1.90. The molecule has 0 saturated carbocycles. The quantitative estimate of drug-likeness (QED) is 0.891. The number of furan rings is 1. The Morgan fingerprint density at radius 1 is 1.56 bits per heavy atom. The van der Waals surface area contributed by atoms with Gasteiger partial charge in [-0.15, -0.1) is 0 Å². The van der Waals surface area contributed by atoms with Crippen LogP contribution in [0.3, 0.4) is 0 Å². The average molecular weight is 238 g/mol. The third kappa shape index (κ3) is 2.28. The van der Waals surface area contributed by atoms with Crippen molar-refractivity contribution in [2.75, 3.05) is 17.7 Å². The first-order valence-corrected chi connectivity index (χ1v) is 5.19. The Bertz CT molecular complexity index is 470. The number of hydrogen-bond donors (Lipinski definition) is 1. The summed E-state index contributed by atoms with van der Waals surface area (Å²) in [5.41, 5.74) is 6.39. The van der Waals surface area contributed by atoms with Gasteiger partial charge in [-0.05, 0) is 18.2 Å². The maximum absolute atomic E-state index is 5.83. The van der Waals surface area contributed by atoms with Gasteiger partial charge in [-0.3, -0.25) is 0 Å². The van der Waals surface area contributed by atoms with Gasteiger partial charge in [0.05, 0.1) is 23.5 Å². The van der Waals surface area contributed by atoms with E-state index in [1.165, 1.54) is 0 Å². The molecule has 0 aromatic carbocycles. The molecule has 0 unspecified atom stereocenters. The van der Waals surface area contributed by atoms with Crippen molar-refractivity contribution in [3.63, 3.8) is 0 Å². The molecular formula is C11H12ClN3O. The molecular weight excluding hydrogens is 226 g/mol. The van der Waals surface area contributed by atoms with Crippen molar-refractivity contribution >= 4 is 23.1 Å². The highest BCUT2D eigenvalue weighted by Crippen LogP contribution is 2.23. The normalized spacial score (nSPS) is 10.4. The summed E-state index contributed by atoms with van der Waals surface area (Å²) in [6.07, 6.45) is 3.22. The Kier molecular flexibility index (Phi) is 3.01. The second-order valence-corrected chi connectivity index (χ2v) is 3.94. The summed E-state index contributed by atoms with van der Waals surface area (Å²) < 4.78 is 5.25. The zero-order chi connectivity index (χ0) is 11.5. The number of halogens is 1. The third-order valence-corrected chi connectivity index (χ3v) is 2.40. The van der Waals surface area contributed by atoms with Crippen molar-refractivity contribution in [1.82, 2.24) is 4.98 Å². The van der Waals surface area contributed by atoms with Crippen LogP contribution in [0.4, 0.5) is 11.5 Å². The van der Waals surface area contributed by atoms with Crippen LogP contribution in [0.15, 0.2) is 35.1 Å².